The Hall–Kier alpha value is -1.53. The van der Waals surface area contributed by atoms with Crippen molar-refractivity contribution in [2.45, 2.75) is 6.54 Å². The number of aromatic nitrogens is 4. The monoisotopic (exact) mass is 455 g/mol. The molecule has 8 heteroatoms. The Morgan fingerprint density at radius 3 is 2.68 bits per heavy atom. The molecule has 7 nitrogen and oxygen atoms in total. The second kappa shape index (κ2) is 6.58. The van der Waals surface area contributed by atoms with Crippen LogP contribution in [0.5, 0.6) is 0 Å². The summed E-state index contributed by atoms with van der Waals surface area (Å²) in [6.07, 6.45) is 1.28. The van der Waals surface area contributed by atoms with Crippen molar-refractivity contribution < 1.29 is 34.6 Å². The van der Waals surface area contributed by atoms with Crippen LogP contribution in [0.25, 0.3) is 11.4 Å². The maximum atomic E-state index is 10.4. The van der Waals surface area contributed by atoms with Gasteiger partial charge in [0.05, 0.1) is 0 Å². The van der Waals surface area contributed by atoms with E-state index in [0.717, 1.165) is 14.4 Å². The normalized spacial score (nSPS) is 10.4. The summed E-state index contributed by atoms with van der Waals surface area (Å²) < 4.78 is 1.09. The van der Waals surface area contributed by atoms with Crippen LogP contribution >= 0.6 is 0 Å². The minimum atomic E-state index is -0.878. The van der Waals surface area contributed by atoms with Crippen molar-refractivity contribution in [2.24, 2.45) is 0 Å². The van der Waals surface area contributed by atoms with Crippen molar-refractivity contribution in [1.29, 1.82) is 0 Å². The van der Waals surface area contributed by atoms with Crippen LogP contribution in [0.4, 0.5) is 0 Å². The molecular formula is C11H10AtN5O2. The number of aliphatic carboxylic acids is 1. The summed E-state index contributed by atoms with van der Waals surface area (Å²) in [5.74, 6) is -0.420. The molecule has 0 saturated carbocycles. The van der Waals surface area contributed by atoms with E-state index in [1.165, 1.54) is 31.0 Å². The summed E-state index contributed by atoms with van der Waals surface area (Å²) in [5.41, 5.74) is 1.80. The van der Waals surface area contributed by atoms with E-state index in [9.17, 15) is 4.79 Å². The van der Waals surface area contributed by atoms with Gasteiger partial charge in [-0.15, -0.1) is 0 Å². The van der Waals surface area contributed by atoms with Crippen LogP contribution in [-0.2, 0) is 11.3 Å². The second-order valence-electron chi connectivity index (χ2n) is 3.72. The van der Waals surface area contributed by atoms with Gasteiger partial charge in [-0.25, -0.2) is 0 Å². The minimum absolute atomic E-state index is 0.0706. The molecule has 0 aliphatic heterocycles. The molecule has 1 aromatic heterocycles. The Balaban J connectivity index is 2.18. The summed E-state index contributed by atoms with van der Waals surface area (Å²) in [6, 6.07) is 5.85. The molecule has 2 N–H and O–H groups in total. The molecule has 2 rings (SSSR count). The molecule has 1 heterocycles. The zero-order valence-corrected chi connectivity index (χ0v) is 12.7. The number of carbonyl (C=O) groups is 1. The van der Waals surface area contributed by atoms with Crippen LogP contribution in [0, 0.1) is 24.7 Å². The van der Waals surface area contributed by atoms with Crippen LogP contribution in [-0.4, -0.2) is 38.0 Å². The van der Waals surface area contributed by atoms with Gasteiger partial charge < -0.3 is 0 Å². The summed E-state index contributed by atoms with van der Waals surface area (Å²) in [6.45, 7) is 0.405. The number of benzene rings is 1. The fourth-order valence-corrected chi connectivity index (χ4v) is 2.52. The number of hydrogen-bond acceptors (Lipinski definition) is 6. The Labute approximate surface area is 124 Å². The summed E-state index contributed by atoms with van der Waals surface area (Å²) in [7, 11) is 0. The van der Waals surface area contributed by atoms with Gasteiger partial charge >= 0.3 is 124 Å². The number of rotatable bonds is 5. The first-order chi connectivity index (χ1) is 9.15. The quantitative estimate of drug-likeness (QED) is 0.614. The molecule has 19 heavy (non-hydrogen) atoms. The van der Waals surface area contributed by atoms with Gasteiger partial charge in [-0.05, 0) is 0 Å². The summed E-state index contributed by atoms with van der Waals surface area (Å²) >= 11 is 1.53. The average Bonchev–Trinajstić information content (AvgIpc) is 2.39. The van der Waals surface area contributed by atoms with Crippen LogP contribution < -0.4 is 8.59 Å². The standard InChI is InChI=1S/C11H10AtN5O2/c12-9-2-7(4-13-5-10(18)19)1-8(3-9)11-16-14-6-15-17-11/h1-3,6,13H,4-5H2,(H,18,19)/i12+1. The number of nitrogens with one attached hydrogen (secondary N) is 1. The molecule has 0 fully saturated rings. The molecule has 98 valence electrons. The molecule has 0 bridgehead atoms. The van der Waals surface area contributed by atoms with Gasteiger partial charge in [-0.1, -0.05) is 0 Å². The predicted octanol–water partition coefficient (Wildman–Crippen LogP) is -0.718. The van der Waals surface area contributed by atoms with Crippen molar-refractivity contribution in [3.63, 3.8) is 0 Å². The Morgan fingerprint density at radius 2 is 2.00 bits per heavy atom. The SMILES string of the molecule is O=C(O)CNCc1cc([211At])cc(-c2nncnn2)c1. The van der Waals surface area contributed by atoms with Crippen LogP contribution in [0.1, 0.15) is 5.56 Å². The van der Waals surface area contributed by atoms with Crippen molar-refractivity contribution in [1.82, 2.24) is 25.7 Å². The average molecular weight is 455 g/mol. The van der Waals surface area contributed by atoms with E-state index in [1.807, 2.05) is 18.2 Å². The van der Waals surface area contributed by atoms with Crippen LogP contribution in [0.2, 0.25) is 0 Å². The summed E-state index contributed by atoms with van der Waals surface area (Å²) in [5, 5.41) is 26.6. The van der Waals surface area contributed by atoms with E-state index in [1.54, 1.807) is 0 Å². The number of nitrogens with zero attached hydrogens (tertiary/aromatic N) is 4. The predicted molar refractivity (Wildman–Crippen MR) is 62.0 cm³/mol. The molecular weight excluding hydrogens is 445 g/mol. The second-order valence-corrected chi connectivity index (χ2v) is 5.41. The number of carboxylic acids is 1. The number of carboxylic acid groups (broad SMARTS) is 1. The third-order valence-electron chi connectivity index (χ3n) is 2.23. The van der Waals surface area contributed by atoms with Crippen molar-refractivity contribution >= 4 is 9.24 Å². The Bertz CT molecular complexity index is 579. The van der Waals surface area contributed by atoms with Gasteiger partial charge in [0.1, 0.15) is 0 Å². The Kier molecular flexibility index (Phi) is 4.82. The molecule has 0 saturated heterocycles. The zero-order chi connectivity index (χ0) is 13.7. The van der Waals surface area contributed by atoms with Gasteiger partial charge in [0.2, 0.25) is 0 Å². The van der Waals surface area contributed by atoms with Gasteiger partial charge in [-0.2, -0.15) is 0 Å². The van der Waals surface area contributed by atoms with E-state index < -0.39 is 5.97 Å². The maximum absolute atomic E-state index is 10.4. The van der Waals surface area contributed by atoms with E-state index >= 15 is 0 Å². The fraction of sp³-hybridized carbons (Fsp3) is 0.182. The number of hydrogen-bond donors (Lipinski definition) is 2. The molecule has 2 aromatic rings. The first-order valence-electron chi connectivity index (χ1n) is 5.38. The molecule has 0 aliphatic rings. The third kappa shape index (κ3) is 4.26. The first kappa shape index (κ1) is 13.9. The van der Waals surface area contributed by atoms with Crippen molar-refractivity contribution in [3.05, 3.63) is 30.1 Å². The molecule has 0 atom stereocenters. The van der Waals surface area contributed by atoms with Crippen molar-refractivity contribution in [3.8, 4) is 11.4 Å². The van der Waals surface area contributed by atoms with E-state index in [-0.39, 0.29) is 6.54 Å². The fourth-order valence-electron chi connectivity index (χ4n) is 1.51. The molecule has 0 unspecified atom stereocenters. The molecule has 0 spiro atoms. The van der Waals surface area contributed by atoms with Crippen LogP contribution in [0.3, 0.4) is 0 Å². The molecule has 0 radical (unpaired) electrons. The van der Waals surface area contributed by atoms with E-state index in [0.29, 0.717) is 12.4 Å². The van der Waals surface area contributed by atoms with Gasteiger partial charge in [0, 0.05) is 0 Å². The van der Waals surface area contributed by atoms with E-state index in [2.05, 4.69) is 25.7 Å². The summed E-state index contributed by atoms with van der Waals surface area (Å²) in [4.78, 5) is 10.4. The van der Waals surface area contributed by atoms with Gasteiger partial charge in [-0.3, -0.25) is 0 Å². The van der Waals surface area contributed by atoms with Gasteiger partial charge in [0.15, 0.2) is 0 Å². The van der Waals surface area contributed by atoms with Crippen molar-refractivity contribution in [2.75, 3.05) is 6.54 Å². The first-order valence-corrected chi connectivity index (χ1v) is 6.85. The third-order valence-corrected chi connectivity index (χ3v) is 3.08. The zero-order valence-electron chi connectivity index (χ0n) is 9.75. The molecule has 1 aromatic carbocycles. The van der Waals surface area contributed by atoms with E-state index in [4.69, 9.17) is 5.11 Å². The molecule has 0 aliphatic carbocycles. The van der Waals surface area contributed by atoms with Crippen LogP contribution in [0.15, 0.2) is 24.5 Å². The Morgan fingerprint density at radius 1 is 1.26 bits per heavy atom. The van der Waals surface area contributed by atoms with Gasteiger partial charge in [0.25, 0.3) is 0 Å². The topological polar surface area (TPSA) is 101 Å². The molecule has 0 amide bonds.